The maximum Gasteiger partial charge on any atom is 0.435 e. The van der Waals surface area contributed by atoms with Crippen molar-refractivity contribution < 1.29 is 27.5 Å². The molecule has 0 radical (unpaired) electrons. The lowest BCUT2D eigenvalue weighted by molar-refractivity contribution is -0.148. The molecule has 1 aromatic heterocycles. The molecule has 1 fully saturated rings. The van der Waals surface area contributed by atoms with Crippen LogP contribution in [-0.2, 0) is 23.9 Å². The number of aromatic nitrogens is 1. The number of carbonyl (C=O) groups is 1. The molecule has 142 valence electrons. The molecule has 1 aromatic rings. The molecule has 0 aliphatic heterocycles. The molecule has 1 N–H and O–H groups in total. The first-order valence-electron chi connectivity index (χ1n) is 7.30. The van der Waals surface area contributed by atoms with Crippen molar-refractivity contribution in [2.45, 2.75) is 33.0 Å². The molecule has 10 heteroatoms. The third-order valence-corrected chi connectivity index (χ3v) is 5.50. The first kappa shape index (κ1) is 20.8. The number of hydrogen-bond acceptors (Lipinski definition) is 3. The van der Waals surface area contributed by atoms with Gasteiger partial charge in [-0.25, -0.2) is 4.79 Å². The highest BCUT2D eigenvalue weighted by Crippen LogP contribution is 2.71. The van der Waals surface area contributed by atoms with Crippen LogP contribution in [-0.4, -0.2) is 15.6 Å². The van der Waals surface area contributed by atoms with Crippen LogP contribution < -0.4 is 5.76 Å². The number of alkyl halides is 3. The summed E-state index contributed by atoms with van der Waals surface area (Å²) in [5, 5.41) is 9.76. The van der Waals surface area contributed by atoms with Crippen LogP contribution in [0.5, 0.6) is 0 Å². The number of hydrogen-bond donors (Lipinski definition) is 1. The summed E-state index contributed by atoms with van der Waals surface area (Å²) in [5.74, 6) is -1.88. The van der Waals surface area contributed by atoms with Gasteiger partial charge in [-0.3, -0.25) is 9.36 Å². The number of carboxylic acid groups (broad SMARTS) is 1. The Bertz CT molecular complexity index is 872. The fourth-order valence-corrected chi connectivity index (χ4v) is 4.09. The third-order valence-electron chi connectivity index (χ3n) is 4.97. The smallest absolute Gasteiger partial charge is 0.435 e. The molecule has 0 bridgehead atoms. The van der Waals surface area contributed by atoms with Gasteiger partial charge in [0, 0.05) is 12.3 Å². The minimum atomic E-state index is -4.92. The number of carboxylic acids is 1. The van der Waals surface area contributed by atoms with E-state index in [0.717, 1.165) is 0 Å². The summed E-state index contributed by atoms with van der Waals surface area (Å²) in [5.41, 5.74) is -3.76. The SMILES string of the molecule is C#CCn1c(C(F)(F)F)c(C[C@@]2(C(=O)O)[C@H](C=C(Br)Br)C2(C)C)oc1=O. The highest BCUT2D eigenvalue weighted by Gasteiger charge is 2.75. The van der Waals surface area contributed by atoms with Gasteiger partial charge >= 0.3 is 17.9 Å². The Morgan fingerprint density at radius 2 is 2.04 bits per heavy atom. The van der Waals surface area contributed by atoms with Crippen molar-refractivity contribution in [3.63, 3.8) is 0 Å². The third kappa shape index (κ3) is 3.16. The van der Waals surface area contributed by atoms with Crippen molar-refractivity contribution >= 4 is 37.8 Å². The molecule has 0 spiro atoms. The van der Waals surface area contributed by atoms with Crippen molar-refractivity contribution in [2.75, 3.05) is 0 Å². The lowest BCUT2D eigenvalue weighted by Gasteiger charge is -2.16. The van der Waals surface area contributed by atoms with Gasteiger partial charge in [-0.15, -0.1) is 6.42 Å². The number of aliphatic carboxylic acids is 1. The second-order valence-electron chi connectivity index (χ2n) is 6.54. The van der Waals surface area contributed by atoms with Crippen molar-refractivity contribution in [2.24, 2.45) is 16.7 Å². The molecule has 1 saturated carbocycles. The average molecular weight is 501 g/mol. The predicted octanol–water partition coefficient (Wildman–Crippen LogP) is 3.99. The zero-order valence-electron chi connectivity index (χ0n) is 13.7. The van der Waals surface area contributed by atoms with Crippen LogP contribution in [0.1, 0.15) is 25.3 Å². The zero-order chi connectivity index (χ0) is 20.1. The lowest BCUT2D eigenvalue weighted by Crippen LogP contribution is -2.26. The van der Waals surface area contributed by atoms with E-state index in [1.807, 2.05) is 5.92 Å². The number of nitrogens with zero attached hydrogens (tertiary/aromatic N) is 1. The van der Waals surface area contributed by atoms with Gasteiger partial charge in [0.2, 0.25) is 0 Å². The van der Waals surface area contributed by atoms with Gasteiger partial charge in [-0.2, -0.15) is 13.2 Å². The highest BCUT2D eigenvalue weighted by molar-refractivity contribution is 9.28. The van der Waals surface area contributed by atoms with E-state index in [9.17, 15) is 27.9 Å². The lowest BCUT2D eigenvalue weighted by atomic mass is 9.90. The standard InChI is InChI=1S/C16H14Br2F3NO4/c1-4-5-22-11(16(19,20)21)8(26-13(22)25)7-15(12(23)24)9(6-10(17)18)14(15,2)3/h1,6,9H,5,7H2,2-3H3,(H,23,24)/t9-,15+/m1/s1. The maximum absolute atomic E-state index is 13.5. The predicted molar refractivity (Wildman–Crippen MR) is 93.8 cm³/mol. The van der Waals surface area contributed by atoms with Crippen LogP contribution in [0.4, 0.5) is 13.2 Å². The van der Waals surface area contributed by atoms with E-state index in [2.05, 4.69) is 31.9 Å². The van der Waals surface area contributed by atoms with Gasteiger partial charge in [-0.1, -0.05) is 25.8 Å². The van der Waals surface area contributed by atoms with Crippen LogP contribution in [0.15, 0.2) is 18.7 Å². The molecule has 5 nitrogen and oxygen atoms in total. The fraction of sp³-hybridized carbons (Fsp3) is 0.500. The molecule has 0 amide bonds. The highest BCUT2D eigenvalue weighted by atomic mass is 79.9. The van der Waals surface area contributed by atoms with Crippen molar-refractivity contribution in [3.05, 3.63) is 31.5 Å². The minimum Gasteiger partial charge on any atom is -0.481 e. The molecular formula is C16H14Br2F3NO4. The number of terminal acetylenes is 1. The van der Waals surface area contributed by atoms with E-state index in [1.54, 1.807) is 19.9 Å². The monoisotopic (exact) mass is 499 g/mol. The van der Waals surface area contributed by atoms with Crippen LogP contribution >= 0.6 is 31.9 Å². The second kappa shape index (κ2) is 6.60. The Morgan fingerprint density at radius 3 is 2.46 bits per heavy atom. The Labute approximate surface area is 163 Å². The molecule has 0 saturated heterocycles. The van der Waals surface area contributed by atoms with Gasteiger partial charge in [0.25, 0.3) is 0 Å². The number of allylic oxidation sites excluding steroid dienone is 1. The quantitative estimate of drug-likeness (QED) is 0.620. The molecule has 1 heterocycles. The second-order valence-corrected chi connectivity index (χ2v) is 9.31. The van der Waals surface area contributed by atoms with Crippen LogP contribution in [0.3, 0.4) is 0 Å². The van der Waals surface area contributed by atoms with E-state index in [-0.39, 0.29) is 0 Å². The minimum absolute atomic E-state index is 0.297. The van der Waals surface area contributed by atoms with E-state index in [0.29, 0.717) is 7.96 Å². The van der Waals surface area contributed by atoms with Crippen molar-refractivity contribution in [1.29, 1.82) is 0 Å². The molecule has 1 aliphatic rings. The Hall–Kier alpha value is -1.47. The van der Waals surface area contributed by atoms with Gasteiger partial charge in [-0.05, 0) is 37.3 Å². The van der Waals surface area contributed by atoms with E-state index >= 15 is 0 Å². The Kier molecular flexibility index (Phi) is 5.29. The van der Waals surface area contributed by atoms with Gasteiger partial charge < -0.3 is 9.52 Å². The van der Waals surface area contributed by atoms with Gasteiger partial charge in [0.1, 0.15) is 5.76 Å². The topological polar surface area (TPSA) is 72.4 Å². The van der Waals surface area contributed by atoms with Crippen LogP contribution in [0.25, 0.3) is 0 Å². The van der Waals surface area contributed by atoms with Gasteiger partial charge in [0.15, 0.2) is 5.69 Å². The molecule has 0 aromatic carbocycles. The first-order valence-corrected chi connectivity index (χ1v) is 8.88. The summed E-state index contributed by atoms with van der Waals surface area (Å²) in [7, 11) is 0. The Morgan fingerprint density at radius 1 is 1.46 bits per heavy atom. The van der Waals surface area contributed by atoms with Crippen LogP contribution in [0, 0.1) is 29.1 Å². The van der Waals surface area contributed by atoms with Crippen molar-refractivity contribution in [1.82, 2.24) is 4.57 Å². The maximum atomic E-state index is 13.5. The molecule has 2 atom stereocenters. The van der Waals surface area contributed by atoms with Crippen LogP contribution in [0.2, 0.25) is 0 Å². The van der Waals surface area contributed by atoms with Gasteiger partial charge in [0.05, 0.1) is 15.4 Å². The van der Waals surface area contributed by atoms with Crippen molar-refractivity contribution in [3.8, 4) is 12.3 Å². The van der Waals surface area contributed by atoms with E-state index in [1.165, 1.54) is 0 Å². The molecule has 26 heavy (non-hydrogen) atoms. The summed E-state index contributed by atoms with van der Waals surface area (Å²) >= 11 is 6.28. The summed E-state index contributed by atoms with van der Waals surface area (Å²) in [6.07, 6.45) is 1.08. The summed E-state index contributed by atoms with van der Waals surface area (Å²) < 4.78 is 46.0. The summed E-state index contributed by atoms with van der Waals surface area (Å²) in [6, 6.07) is 0. The molecule has 1 aliphatic carbocycles. The van der Waals surface area contributed by atoms with E-state index in [4.69, 9.17) is 10.8 Å². The average Bonchev–Trinajstić information content (AvgIpc) is 2.76. The zero-order valence-corrected chi connectivity index (χ0v) is 16.8. The molecular weight excluding hydrogens is 487 g/mol. The summed E-state index contributed by atoms with van der Waals surface area (Å²) in [4.78, 5) is 23.8. The number of rotatable bonds is 5. The molecule has 2 rings (SSSR count). The normalized spacial score (nSPS) is 24.0. The van der Waals surface area contributed by atoms with E-state index < -0.39 is 59.1 Å². The molecule has 0 unspecified atom stereocenters. The largest absolute Gasteiger partial charge is 0.481 e. The fourth-order valence-electron chi connectivity index (χ4n) is 3.56. The number of halogens is 5. The Balaban J connectivity index is 2.62. The number of oxazole rings is 1. The summed E-state index contributed by atoms with van der Waals surface area (Å²) in [6.45, 7) is 2.64. The first-order chi connectivity index (χ1) is 11.8.